The van der Waals surface area contributed by atoms with Gasteiger partial charge in [0.05, 0.1) is 11.0 Å². The molecule has 60 heavy (non-hydrogen) atoms. The minimum Gasteiger partial charge on any atom is -0.309 e. The lowest BCUT2D eigenvalue weighted by Crippen LogP contribution is -2.00. The van der Waals surface area contributed by atoms with Crippen molar-refractivity contribution in [2.75, 3.05) is 0 Å². The van der Waals surface area contributed by atoms with E-state index in [1.165, 1.54) is 71.5 Å². The lowest BCUT2D eigenvalue weighted by molar-refractivity contribution is 0.796. The molecular weight excluding hydrogens is 749 g/mol. The van der Waals surface area contributed by atoms with Gasteiger partial charge in [0.15, 0.2) is 17.5 Å². The number of hydrogen-bond acceptors (Lipinski definition) is 4. The van der Waals surface area contributed by atoms with Crippen LogP contribution in [0, 0.1) is 0 Å². The Labute approximate surface area is 353 Å². The number of unbranched alkanes of at least 4 members (excludes halogenated alkanes) is 1. The number of para-hydroxylation sites is 1. The van der Waals surface area contributed by atoms with Gasteiger partial charge in [0.1, 0.15) is 0 Å². The Hall–Kier alpha value is -7.21. The van der Waals surface area contributed by atoms with Crippen LogP contribution in [-0.2, 0) is 6.42 Å². The molecule has 0 radical (unpaired) electrons. The molecule has 0 amide bonds. The topological polar surface area (TPSA) is 43.6 Å². The predicted octanol–water partition coefficient (Wildman–Crippen LogP) is 15.0. The minimum absolute atomic E-state index is 0.644. The highest BCUT2D eigenvalue weighted by molar-refractivity contribution is 7.26. The van der Waals surface area contributed by atoms with Crippen molar-refractivity contribution < 1.29 is 0 Å². The molecule has 3 aromatic heterocycles. The fraction of sp³-hybridized carbons (Fsp3) is 0.0727. The van der Waals surface area contributed by atoms with Crippen LogP contribution in [-0.4, -0.2) is 19.5 Å². The molecular formula is C55H40N4S. The SMILES string of the molecule is CCCCc1ccc2c(c1)sc1c(-c3ccc4c5ccccc5n(-c5ccc(-c6cccc(-c7nc(-c8ccccc8)nc(-c8ccccc8)n7)c6)cc5)c4c3)cccc12. The van der Waals surface area contributed by atoms with Gasteiger partial charge in [-0.15, -0.1) is 11.3 Å². The molecule has 11 aromatic rings. The van der Waals surface area contributed by atoms with Crippen molar-refractivity contribution in [3.63, 3.8) is 0 Å². The van der Waals surface area contributed by atoms with Crippen molar-refractivity contribution in [1.29, 1.82) is 0 Å². The normalized spacial score (nSPS) is 11.6. The van der Waals surface area contributed by atoms with Crippen LogP contribution in [0.5, 0.6) is 0 Å². The molecule has 0 saturated heterocycles. The van der Waals surface area contributed by atoms with Gasteiger partial charge in [-0.2, -0.15) is 0 Å². The molecule has 0 aliphatic rings. The molecule has 4 nitrogen and oxygen atoms in total. The number of rotatable bonds is 9. The lowest BCUT2D eigenvalue weighted by Gasteiger charge is -2.12. The Morgan fingerprint density at radius 3 is 1.78 bits per heavy atom. The van der Waals surface area contributed by atoms with Crippen LogP contribution < -0.4 is 0 Å². The number of fused-ring (bicyclic) bond motifs is 6. The fourth-order valence-corrected chi connectivity index (χ4v) is 9.90. The third kappa shape index (κ3) is 6.44. The van der Waals surface area contributed by atoms with Crippen molar-refractivity contribution in [2.24, 2.45) is 0 Å². The molecule has 0 atom stereocenters. The van der Waals surface area contributed by atoms with Gasteiger partial charge in [0.25, 0.3) is 0 Å². The second kappa shape index (κ2) is 15.2. The fourth-order valence-electron chi connectivity index (χ4n) is 8.60. The maximum atomic E-state index is 4.98. The highest BCUT2D eigenvalue weighted by Crippen LogP contribution is 2.42. The van der Waals surface area contributed by atoms with E-state index in [-0.39, 0.29) is 0 Å². The van der Waals surface area contributed by atoms with Crippen LogP contribution in [0.25, 0.3) is 104 Å². The first-order chi connectivity index (χ1) is 29.7. The highest BCUT2D eigenvalue weighted by Gasteiger charge is 2.17. The number of hydrogen-bond donors (Lipinski definition) is 0. The zero-order valence-corrected chi connectivity index (χ0v) is 34.0. The maximum Gasteiger partial charge on any atom is 0.164 e. The standard InChI is InChI=1S/C55H40N4S/c1-2-3-14-36-25-31-47-48-23-13-22-44(52(48)60-51(47)33-36)41-28-32-46-45-21-10-11-24-49(45)59(50(46)35-41)43-29-26-37(27-30-43)40-19-12-20-42(34-40)55-57-53(38-15-6-4-7-16-38)56-54(58-55)39-17-8-5-9-18-39/h4-13,15-35H,2-3,14H2,1H3. The molecule has 0 fully saturated rings. The number of nitrogens with zero attached hydrogens (tertiary/aromatic N) is 4. The lowest BCUT2D eigenvalue weighted by atomic mass is 10.0. The predicted molar refractivity (Wildman–Crippen MR) is 253 cm³/mol. The van der Waals surface area contributed by atoms with Crippen LogP contribution in [0.3, 0.4) is 0 Å². The summed E-state index contributed by atoms with van der Waals surface area (Å²) in [4.78, 5) is 14.9. The molecule has 0 saturated carbocycles. The van der Waals surface area contributed by atoms with E-state index in [4.69, 9.17) is 15.0 Å². The summed E-state index contributed by atoms with van der Waals surface area (Å²) in [5, 5.41) is 5.17. The molecule has 11 rings (SSSR count). The van der Waals surface area contributed by atoms with E-state index in [1.54, 1.807) is 0 Å². The molecule has 0 unspecified atom stereocenters. The van der Waals surface area contributed by atoms with Crippen LogP contribution in [0.2, 0.25) is 0 Å². The Kier molecular flexibility index (Phi) is 9.09. The van der Waals surface area contributed by atoms with Crippen molar-refractivity contribution in [3.8, 4) is 62.1 Å². The zero-order chi connectivity index (χ0) is 40.0. The van der Waals surface area contributed by atoms with E-state index in [0.29, 0.717) is 17.5 Å². The summed E-state index contributed by atoms with van der Waals surface area (Å²) in [6.07, 6.45) is 3.57. The van der Waals surface area contributed by atoms with Crippen molar-refractivity contribution >= 4 is 53.3 Å². The molecule has 0 N–H and O–H groups in total. The molecule has 3 heterocycles. The third-order valence-corrected chi connectivity index (χ3v) is 12.8. The van der Waals surface area contributed by atoms with Crippen molar-refractivity contribution in [1.82, 2.24) is 19.5 Å². The summed E-state index contributed by atoms with van der Waals surface area (Å²) in [6, 6.07) is 67.3. The average Bonchev–Trinajstić information content (AvgIpc) is 3.86. The second-order valence-corrected chi connectivity index (χ2v) is 16.5. The Bertz CT molecular complexity index is 3290. The average molecular weight is 789 g/mol. The van der Waals surface area contributed by atoms with Gasteiger partial charge in [-0.3, -0.25) is 0 Å². The van der Waals surface area contributed by atoms with E-state index < -0.39 is 0 Å². The highest BCUT2D eigenvalue weighted by atomic mass is 32.1. The monoisotopic (exact) mass is 788 g/mol. The summed E-state index contributed by atoms with van der Waals surface area (Å²) < 4.78 is 5.13. The number of benzene rings is 8. The van der Waals surface area contributed by atoms with Crippen LogP contribution in [0.4, 0.5) is 0 Å². The summed E-state index contributed by atoms with van der Waals surface area (Å²) >= 11 is 1.92. The first kappa shape index (κ1) is 35.9. The van der Waals surface area contributed by atoms with Crippen LogP contribution in [0.15, 0.2) is 188 Å². The van der Waals surface area contributed by atoms with Gasteiger partial charge in [-0.1, -0.05) is 165 Å². The second-order valence-electron chi connectivity index (χ2n) is 15.5. The van der Waals surface area contributed by atoms with Gasteiger partial charge < -0.3 is 4.57 Å². The minimum atomic E-state index is 0.644. The van der Waals surface area contributed by atoms with Crippen LogP contribution in [0.1, 0.15) is 25.3 Å². The molecule has 0 bridgehead atoms. The summed E-state index contributed by atoms with van der Waals surface area (Å²) in [7, 11) is 0. The zero-order valence-electron chi connectivity index (χ0n) is 33.2. The number of aromatic nitrogens is 4. The summed E-state index contributed by atoms with van der Waals surface area (Å²) in [6.45, 7) is 2.26. The Morgan fingerprint density at radius 2 is 1.03 bits per heavy atom. The quantitative estimate of drug-likeness (QED) is 0.146. The van der Waals surface area contributed by atoms with E-state index in [9.17, 15) is 0 Å². The first-order valence-electron chi connectivity index (χ1n) is 20.7. The molecule has 0 aliphatic heterocycles. The molecule has 0 spiro atoms. The number of aryl methyl sites for hydroxylation is 1. The third-order valence-electron chi connectivity index (χ3n) is 11.6. The van der Waals surface area contributed by atoms with Crippen molar-refractivity contribution in [3.05, 3.63) is 194 Å². The molecule has 5 heteroatoms. The van der Waals surface area contributed by atoms with Crippen LogP contribution >= 0.6 is 11.3 Å². The van der Waals surface area contributed by atoms with E-state index in [2.05, 4.69) is 139 Å². The first-order valence-corrected chi connectivity index (χ1v) is 21.6. The summed E-state index contributed by atoms with van der Waals surface area (Å²) in [5.74, 6) is 1.95. The van der Waals surface area contributed by atoms with Crippen molar-refractivity contribution in [2.45, 2.75) is 26.2 Å². The van der Waals surface area contributed by atoms with Gasteiger partial charge >= 0.3 is 0 Å². The van der Waals surface area contributed by atoms with Gasteiger partial charge in [0, 0.05) is 53.3 Å². The van der Waals surface area contributed by atoms with Gasteiger partial charge in [-0.05, 0) is 77.1 Å². The Balaban J connectivity index is 0.978. The van der Waals surface area contributed by atoms with Gasteiger partial charge in [-0.25, -0.2) is 15.0 Å². The van der Waals surface area contributed by atoms with E-state index in [1.807, 2.05) is 72.0 Å². The Morgan fingerprint density at radius 1 is 0.433 bits per heavy atom. The van der Waals surface area contributed by atoms with E-state index in [0.717, 1.165) is 39.9 Å². The molecule has 8 aromatic carbocycles. The molecule has 0 aliphatic carbocycles. The largest absolute Gasteiger partial charge is 0.309 e. The smallest absolute Gasteiger partial charge is 0.164 e. The van der Waals surface area contributed by atoms with E-state index >= 15 is 0 Å². The van der Waals surface area contributed by atoms with Gasteiger partial charge in [0.2, 0.25) is 0 Å². The maximum absolute atomic E-state index is 4.98. The summed E-state index contributed by atoms with van der Waals surface area (Å²) in [5.41, 5.74) is 12.5. The number of thiophene rings is 1. The molecule has 286 valence electrons.